The molecule has 0 bridgehead atoms. The summed E-state index contributed by atoms with van der Waals surface area (Å²) >= 11 is 0. The maximum absolute atomic E-state index is 8.63. The monoisotopic (exact) mass is 156 g/mol. The maximum atomic E-state index is 8.63. The predicted molar refractivity (Wildman–Crippen MR) is 41.2 cm³/mol. The summed E-state index contributed by atoms with van der Waals surface area (Å²) in [6.45, 7) is 3.90. The van der Waals surface area contributed by atoms with E-state index >= 15 is 0 Å². The van der Waals surface area contributed by atoms with E-state index in [1.165, 1.54) is 6.26 Å². The third-order valence-corrected chi connectivity index (χ3v) is 1.13. The molecule has 0 spiro atoms. The number of nitrogens with zero attached hydrogens (tertiary/aromatic N) is 1. The van der Waals surface area contributed by atoms with Crippen molar-refractivity contribution in [2.75, 3.05) is 5.32 Å². The van der Waals surface area contributed by atoms with Gasteiger partial charge in [0.2, 0.25) is 0 Å². The fourth-order valence-electron chi connectivity index (χ4n) is 0.693. The first-order valence-electron chi connectivity index (χ1n) is 3.54. The topological polar surface area (TPSA) is 58.3 Å². The normalized spacial score (nSPS) is 10.5. The molecule has 0 saturated heterocycles. The van der Waals surface area contributed by atoms with Crippen molar-refractivity contribution >= 4 is 6.01 Å². The smallest absolute Gasteiger partial charge is 0.295 e. The summed E-state index contributed by atoms with van der Waals surface area (Å²) in [4.78, 5) is 3.94. The van der Waals surface area contributed by atoms with Gasteiger partial charge in [0.05, 0.1) is 6.61 Å². The van der Waals surface area contributed by atoms with Crippen LogP contribution in [0.3, 0.4) is 0 Å². The second kappa shape index (κ2) is 3.39. The molecule has 11 heavy (non-hydrogen) atoms. The van der Waals surface area contributed by atoms with E-state index < -0.39 is 0 Å². The highest BCUT2D eigenvalue weighted by Crippen LogP contribution is 2.07. The van der Waals surface area contributed by atoms with Crippen LogP contribution < -0.4 is 5.32 Å². The van der Waals surface area contributed by atoms with E-state index in [1.54, 1.807) is 0 Å². The lowest BCUT2D eigenvalue weighted by atomic mass is 10.4. The molecule has 0 unspecified atom stereocenters. The maximum Gasteiger partial charge on any atom is 0.295 e. The number of aliphatic hydroxyl groups is 1. The first kappa shape index (κ1) is 8.07. The lowest BCUT2D eigenvalue weighted by Gasteiger charge is -2.02. The van der Waals surface area contributed by atoms with Gasteiger partial charge < -0.3 is 14.8 Å². The van der Waals surface area contributed by atoms with Crippen LogP contribution >= 0.6 is 0 Å². The Morgan fingerprint density at radius 3 is 2.91 bits per heavy atom. The first-order chi connectivity index (χ1) is 5.22. The van der Waals surface area contributed by atoms with Crippen LogP contribution in [0.1, 0.15) is 19.5 Å². The molecule has 0 aliphatic carbocycles. The Morgan fingerprint density at radius 2 is 2.45 bits per heavy atom. The van der Waals surface area contributed by atoms with Crippen LogP contribution in [-0.2, 0) is 6.61 Å². The fourth-order valence-corrected chi connectivity index (χ4v) is 0.693. The van der Waals surface area contributed by atoms with Crippen molar-refractivity contribution in [3.05, 3.63) is 12.0 Å². The highest BCUT2D eigenvalue weighted by molar-refractivity contribution is 5.21. The molecule has 1 aromatic rings. The molecular weight excluding hydrogens is 144 g/mol. The number of hydrogen-bond acceptors (Lipinski definition) is 4. The third kappa shape index (κ3) is 2.23. The average molecular weight is 156 g/mol. The molecule has 0 fully saturated rings. The Morgan fingerprint density at radius 1 is 1.73 bits per heavy atom. The minimum Gasteiger partial charge on any atom is -0.432 e. The van der Waals surface area contributed by atoms with Crippen molar-refractivity contribution in [1.29, 1.82) is 0 Å². The van der Waals surface area contributed by atoms with Crippen LogP contribution in [0.4, 0.5) is 6.01 Å². The van der Waals surface area contributed by atoms with E-state index in [4.69, 9.17) is 9.52 Å². The first-order valence-corrected chi connectivity index (χ1v) is 3.54. The summed E-state index contributed by atoms with van der Waals surface area (Å²) in [5, 5.41) is 11.6. The second-order valence-corrected chi connectivity index (χ2v) is 2.60. The zero-order valence-corrected chi connectivity index (χ0v) is 6.66. The summed E-state index contributed by atoms with van der Waals surface area (Å²) in [6.07, 6.45) is 1.44. The SMILES string of the molecule is CC(C)Nc1nc(CO)co1. The minimum atomic E-state index is -0.0801. The summed E-state index contributed by atoms with van der Waals surface area (Å²) in [7, 11) is 0. The number of hydrogen-bond donors (Lipinski definition) is 2. The summed E-state index contributed by atoms with van der Waals surface area (Å²) in [6, 6.07) is 0.754. The van der Waals surface area contributed by atoms with Gasteiger partial charge in [0.25, 0.3) is 6.01 Å². The highest BCUT2D eigenvalue weighted by Gasteiger charge is 2.02. The van der Waals surface area contributed by atoms with Crippen LogP contribution in [0, 0.1) is 0 Å². The fraction of sp³-hybridized carbons (Fsp3) is 0.571. The van der Waals surface area contributed by atoms with Gasteiger partial charge in [0, 0.05) is 6.04 Å². The lowest BCUT2D eigenvalue weighted by molar-refractivity contribution is 0.276. The Balaban J connectivity index is 2.58. The summed E-state index contributed by atoms with van der Waals surface area (Å²) in [5.41, 5.74) is 0.549. The number of rotatable bonds is 3. The van der Waals surface area contributed by atoms with E-state index in [2.05, 4.69) is 10.3 Å². The largest absolute Gasteiger partial charge is 0.432 e. The van der Waals surface area contributed by atoms with Crippen molar-refractivity contribution in [3.63, 3.8) is 0 Å². The van der Waals surface area contributed by atoms with Gasteiger partial charge in [0.1, 0.15) is 12.0 Å². The van der Waals surface area contributed by atoms with Crippen molar-refractivity contribution in [2.45, 2.75) is 26.5 Å². The molecule has 1 rings (SSSR count). The van der Waals surface area contributed by atoms with Crippen LogP contribution in [0.2, 0.25) is 0 Å². The van der Waals surface area contributed by atoms with E-state index in [0.717, 1.165) is 0 Å². The molecule has 0 saturated carbocycles. The van der Waals surface area contributed by atoms with Crippen molar-refractivity contribution < 1.29 is 9.52 Å². The van der Waals surface area contributed by atoms with Crippen molar-refractivity contribution in [1.82, 2.24) is 4.98 Å². The highest BCUT2D eigenvalue weighted by atomic mass is 16.4. The molecule has 0 aliphatic heterocycles. The number of nitrogens with one attached hydrogen (secondary N) is 1. The molecule has 0 atom stereocenters. The molecule has 4 nitrogen and oxygen atoms in total. The van der Waals surface area contributed by atoms with Crippen molar-refractivity contribution in [2.24, 2.45) is 0 Å². The van der Waals surface area contributed by atoms with Crippen LogP contribution in [0.25, 0.3) is 0 Å². The molecule has 4 heteroatoms. The minimum absolute atomic E-state index is 0.0801. The van der Waals surface area contributed by atoms with Gasteiger partial charge in [-0.15, -0.1) is 0 Å². The lowest BCUT2D eigenvalue weighted by Crippen LogP contribution is -2.09. The molecule has 0 radical (unpaired) electrons. The number of anilines is 1. The van der Waals surface area contributed by atoms with Gasteiger partial charge >= 0.3 is 0 Å². The number of oxazole rings is 1. The van der Waals surface area contributed by atoms with E-state index in [0.29, 0.717) is 17.8 Å². The van der Waals surface area contributed by atoms with E-state index in [1.807, 2.05) is 13.8 Å². The standard InChI is InChI=1S/C7H12N2O2/c1-5(2)8-7-9-6(3-10)4-11-7/h4-5,10H,3H2,1-2H3,(H,8,9). The Kier molecular flexibility index (Phi) is 2.48. The molecule has 62 valence electrons. The summed E-state index contributed by atoms with van der Waals surface area (Å²) < 4.78 is 4.98. The van der Waals surface area contributed by atoms with Gasteiger partial charge in [-0.1, -0.05) is 0 Å². The van der Waals surface area contributed by atoms with Gasteiger partial charge in [0.15, 0.2) is 0 Å². The zero-order valence-electron chi connectivity index (χ0n) is 6.66. The Labute approximate surface area is 65.2 Å². The molecule has 0 amide bonds. The van der Waals surface area contributed by atoms with Gasteiger partial charge in [-0.2, -0.15) is 4.98 Å². The molecule has 2 N–H and O–H groups in total. The van der Waals surface area contributed by atoms with Crippen LogP contribution in [0.5, 0.6) is 0 Å². The predicted octanol–water partition coefficient (Wildman–Crippen LogP) is 0.987. The molecule has 0 aliphatic rings. The van der Waals surface area contributed by atoms with Crippen LogP contribution in [0.15, 0.2) is 10.7 Å². The van der Waals surface area contributed by atoms with Gasteiger partial charge in [-0.25, -0.2) is 0 Å². The van der Waals surface area contributed by atoms with E-state index in [-0.39, 0.29) is 6.61 Å². The number of aliphatic hydroxyl groups excluding tert-OH is 1. The van der Waals surface area contributed by atoms with Gasteiger partial charge in [-0.3, -0.25) is 0 Å². The van der Waals surface area contributed by atoms with Gasteiger partial charge in [-0.05, 0) is 13.8 Å². The zero-order chi connectivity index (χ0) is 8.27. The summed E-state index contributed by atoms with van der Waals surface area (Å²) in [5.74, 6) is 0. The quantitative estimate of drug-likeness (QED) is 0.685. The van der Waals surface area contributed by atoms with Crippen molar-refractivity contribution in [3.8, 4) is 0 Å². The third-order valence-electron chi connectivity index (χ3n) is 1.13. The second-order valence-electron chi connectivity index (χ2n) is 2.60. The average Bonchev–Trinajstić information content (AvgIpc) is 2.34. The van der Waals surface area contributed by atoms with E-state index in [9.17, 15) is 0 Å². The Hall–Kier alpha value is -1.03. The Bertz CT molecular complexity index is 220. The molecule has 0 aromatic carbocycles. The van der Waals surface area contributed by atoms with Crippen LogP contribution in [-0.4, -0.2) is 16.1 Å². The molecule has 1 heterocycles. The molecule has 1 aromatic heterocycles. The molecular formula is C7H12N2O2. The number of aromatic nitrogens is 1.